The highest BCUT2D eigenvalue weighted by Crippen LogP contribution is 2.13. The van der Waals surface area contributed by atoms with Gasteiger partial charge in [-0.2, -0.15) is 0 Å². The molecule has 0 aliphatic carbocycles. The summed E-state index contributed by atoms with van der Waals surface area (Å²) >= 11 is 3.21. The van der Waals surface area contributed by atoms with Crippen LogP contribution in [0.3, 0.4) is 0 Å². The van der Waals surface area contributed by atoms with Gasteiger partial charge in [-0.05, 0) is 35.0 Å². The Kier molecular flexibility index (Phi) is 3.88. The van der Waals surface area contributed by atoms with Crippen LogP contribution in [-0.2, 0) is 4.79 Å². The molecule has 0 saturated carbocycles. The molecule has 5 heteroatoms. The van der Waals surface area contributed by atoms with Gasteiger partial charge in [-0.25, -0.2) is 4.98 Å². The van der Waals surface area contributed by atoms with Gasteiger partial charge in [-0.1, -0.05) is 0 Å². The van der Waals surface area contributed by atoms with E-state index in [1.807, 2.05) is 0 Å². The number of halogens is 1. The molecule has 0 radical (unpaired) electrons. The van der Waals surface area contributed by atoms with E-state index in [-0.39, 0.29) is 5.91 Å². The number of hydrogen-bond donors (Lipinski definition) is 1. The second-order valence-electron chi connectivity index (χ2n) is 2.69. The van der Waals surface area contributed by atoms with Crippen LogP contribution in [0.25, 0.3) is 0 Å². The minimum atomic E-state index is -0.511. The smallest absolute Gasteiger partial charge is 0.260 e. The monoisotopic (exact) mass is 258 g/mol. The highest BCUT2D eigenvalue weighted by atomic mass is 79.9. The van der Waals surface area contributed by atoms with E-state index >= 15 is 0 Å². The number of hydrogen-bond acceptors (Lipinski definition) is 3. The average Bonchev–Trinajstić information content (AvgIpc) is 2.20. The number of rotatable bonds is 3. The molecule has 1 aromatic rings. The molecule has 76 valence electrons. The van der Waals surface area contributed by atoms with Gasteiger partial charge in [0, 0.05) is 7.05 Å². The summed E-state index contributed by atoms with van der Waals surface area (Å²) in [5.74, 6) is 0.414. The lowest BCUT2D eigenvalue weighted by atomic mass is 10.3. The molecule has 0 bridgehead atoms. The molecule has 4 nitrogen and oxygen atoms in total. The van der Waals surface area contributed by atoms with Crippen molar-refractivity contribution in [1.82, 2.24) is 10.3 Å². The molecule has 0 saturated heterocycles. The topological polar surface area (TPSA) is 51.2 Å². The van der Waals surface area contributed by atoms with E-state index in [0.717, 1.165) is 4.60 Å². The zero-order valence-electron chi connectivity index (χ0n) is 7.95. The number of amides is 1. The molecule has 0 spiro atoms. The van der Waals surface area contributed by atoms with Crippen LogP contribution in [0.15, 0.2) is 22.9 Å². The van der Waals surface area contributed by atoms with Gasteiger partial charge in [0.2, 0.25) is 0 Å². The molecule has 14 heavy (non-hydrogen) atoms. The lowest BCUT2D eigenvalue weighted by Crippen LogP contribution is -2.33. The fourth-order valence-electron chi connectivity index (χ4n) is 0.893. The Labute approximate surface area is 90.8 Å². The van der Waals surface area contributed by atoms with Crippen LogP contribution in [0, 0.1) is 0 Å². The molecule has 1 N–H and O–H groups in total. The number of ether oxygens (including phenoxy) is 1. The minimum Gasteiger partial charge on any atom is -0.479 e. The van der Waals surface area contributed by atoms with Gasteiger partial charge in [0.1, 0.15) is 10.4 Å². The molecule has 1 unspecified atom stereocenters. The van der Waals surface area contributed by atoms with E-state index in [0.29, 0.717) is 5.75 Å². The molecule has 1 rings (SSSR count). The third kappa shape index (κ3) is 2.99. The first-order valence-corrected chi connectivity index (χ1v) is 4.92. The molecule has 1 heterocycles. The van der Waals surface area contributed by atoms with E-state index in [2.05, 4.69) is 26.2 Å². The SMILES string of the molecule is CNC(=O)C(C)Oc1ccc(Br)nc1. The first-order valence-electron chi connectivity index (χ1n) is 4.13. The largest absolute Gasteiger partial charge is 0.479 e. The van der Waals surface area contributed by atoms with Crippen molar-refractivity contribution < 1.29 is 9.53 Å². The van der Waals surface area contributed by atoms with Crippen molar-refractivity contribution in [2.75, 3.05) is 7.05 Å². The zero-order chi connectivity index (χ0) is 10.6. The van der Waals surface area contributed by atoms with Crippen LogP contribution in [0.2, 0.25) is 0 Å². The maximum Gasteiger partial charge on any atom is 0.260 e. The summed E-state index contributed by atoms with van der Waals surface area (Å²) in [5.41, 5.74) is 0. The van der Waals surface area contributed by atoms with Crippen LogP contribution in [0.5, 0.6) is 5.75 Å². The van der Waals surface area contributed by atoms with Crippen molar-refractivity contribution in [3.8, 4) is 5.75 Å². The Morgan fingerprint density at radius 3 is 2.86 bits per heavy atom. The lowest BCUT2D eigenvalue weighted by Gasteiger charge is -2.12. The van der Waals surface area contributed by atoms with E-state index in [1.54, 1.807) is 32.3 Å². The number of carbonyl (C=O) groups excluding carboxylic acids is 1. The van der Waals surface area contributed by atoms with Crippen LogP contribution in [0.1, 0.15) is 6.92 Å². The third-order valence-electron chi connectivity index (χ3n) is 1.63. The van der Waals surface area contributed by atoms with Crippen LogP contribution < -0.4 is 10.1 Å². The van der Waals surface area contributed by atoms with Gasteiger partial charge in [-0.3, -0.25) is 4.79 Å². The molecule has 1 amide bonds. The fourth-order valence-corrected chi connectivity index (χ4v) is 1.13. The minimum absolute atomic E-state index is 0.159. The Morgan fingerprint density at radius 2 is 2.36 bits per heavy atom. The molecule has 0 aromatic carbocycles. The molecule has 0 fully saturated rings. The van der Waals surface area contributed by atoms with Gasteiger partial charge >= 0.3 is 0 Å². The fraction of sp³-hybridized carbons (Fsp3) is 0.333. The van der Waals surface area contributed by atoms with Crippen molar-refractivity contribution in [3.63, 3.8) is 0 Å². The van der Waals surface area contributed by atoms with E-state index < -0.39 is 6.10 Å². The summed E-state index contributed by atoms with van der Waals surface area (Å²) in [6.07, 6.45) is 1.05. The molecule has 1 aromatic heterocycles. The highest BCUT2D eigenvalue weighted by molar-refractivity contribution is 9.10. The number of likely N-dealkylation sites (N-methyl/N-ethyl adjacent to an activating group) is 1. The van der Waals surface area contributed by atoms with Crippen LogP contribution in [-0.4, -0.2) is 24.0 Å². The van der Waals surface area contributed by atoms with Gasteiger partial charge in [-0.15, -0.1) is 0 Å². The van der Waals surface area contributed by atoms with E-state index in [4.69, 9.17) is 4.74 Å². The summed E-state index contributed by atoms with van der Waals surface area (Å²) in [6, 6.07) is 3.50. The standard InChI is InChI=1S/C9H11BrN2O2/c1-6(9(13)11-2)14-7-3-4-8(10)12-5-7/h3-6H,1-2H3,(H,11,13). The van der Waals surface area contributed by atoms with Gasteiger partial charge in [0.25, 0.3) is 5.91 Å². The van der Waals surface area contributed by atoms with Gasteiger partial charge in [0.15, 0.2) is 6.10 Å². The third-order valence-corrected chi connectivity index (χ3v) is 2.10. The van der Waals surface area contributed by atoms with Gasteiger partial charge in [0.05, 0.1) is 6.20 Å². The normalized spacial score (nSPS) is 11.9. The van der Waals surface area contributed by atoms with E-state index in [1.165, 1.54) is 0 Å². The van der Waals surface area contributed by atoms with Gasteiger partial charge < -0.3 is 10.1 Å². The number of nitrogens with zero attached hydrogens (tertiary/aromatic N) is 1. The predicted octanol–water partition coefficient (Wildman–Crippen LogP) is 1.36. The average molecular weight is 259 g/mol. The number of aromatic nitrogens is 1. The molecular formula is C9H11BrN2O2. The van der Waals surface area contributed by atoms with Crippen molar-refractivity contribution >= 4 is 21.8 Å². The van der Waals surface area contributed by atoms with Crippen LogP contribution >= 0.6 is 15.9 Å². The molecule has 1 atom stereocenters. The second-order valence-corrected chi connectivity index (χ2v) is 3.50. The Morgan fingerprint density at radius 1 is 1.64 bits per heavy atom. The molecule has 0 aliphatic rings. The Balaban J connectivity index is 2.60. The second kappa shape index (κ2) is 4.95. The number of carbonyl (C=O) groups is 1. The Hall–Kier alpha value is -1.10. The number of pyridine rings is 1. The van der Waals surface area contributed by atoms with E-state index in [9.17, 15) is 4.79 Å². The number of nitrogens with one attached hydrogen (secondary N) is 1. The lowest BCUT2D eigenvalue weighted by molar-refractivity contribution is -0.126. The summed E-state index contributed by atoms with van der Waals surface area (Å²) in [7, 11) is 1.57. The quantitative estimate of drug-likeness (QED) is 0.834. The maximum absolute atomic E-state index is 11.1. The molecular weight excluding hydrogens is 248 g/mol. The first kappa shape index (κ1) is 11.0. The Bertz CT molecular complexity index is 313. The zero-order valence-corrected chi connectivity index (χ0v) is 9.54. The summed E-state index contributed by atoms with van der Waals surface area (Å²) in [6.45, 7) is 1.68. The van der Waals surface area contributed by atoms with Crippen LogP contribution in [0.4, 0.5) is 0 Å². The van der Waals surface area contributed by atoms with Crippen molar-refractivity contribution in [1.29, 1.82) is 0 Å². The van der Waals surface area contributed by atoms with Crippen molar-refractivity contribution in [2.24, 2.45) is 0 Å². The summed E-state index contributed by atoms with van der Waals surface area (Å²) < 4.78 is 6.06. The van der Waals surface area contributed by atoms with Crippen molar-refractivity contribution in [3.05, 3.63) is 22.9 Å². The summed E-state index contributed by atoms with van der Waals surface area (Å²) in [5, 5.41) is 2.50. The van der Waals surface area contributed by atoms with Crippen molar-refractivity contribution in [2.45, 2.75) is 13.0 Å². The summed E-state index contributed by atoms with van der Waals surface area (Å²) in [4.78, 5) is 15.1. The molecule has 0 aliphatic heterocycles. The predicted molar refractivity (Wildman–Crippen MR) is 56.1 cm³/mol. The maximum atomic E-state index is 11.1. The highest BCUT2D eigenvalue weighted by Gasteiger charge is 2.12. The first-order chi connectivity index (χ1) is 6.63.